The third-order valence-corrected chi connectivity index (χ3v) is 5.98. The Bertz CT molecular complexity index is 1360. The maximum atomic E-state index is 13.4. The van der Waals surface area contributed by atoms with Crippen LogP contribution in [0.15, 0.2) is 86.5 Å². The Hall–Kier alpha value is -3.38. The molecule has 154 valence electrons. The van der Waals surface area contributed by atoms with Crippen molar-refractivity contribution in [3.8, 4) is 5.75 Å². The maximum Gasteiger partial charge on any atom is 0.290 e. The first-order chi connectivity index (χ1) is 15.0. The van der Waals surface area contributed by atoms with E-state index in [4.69, 9.17) is 9.15 Å². The predicted molar refractivity (Wildman–Crippen MR) is 121 cm³/mol. The third-order valence-electron chi connectivity index (χ3n) is 5.48. The molecule has 4 aromatic rings. The van der Waals surface area contributed by atoms with Crippen molar-refractivity contribution in [3.63, 3.8) is 0 Å². The van der Waals surface area contributed by atoms with Gasteiger partial charge in [0.05, 0.1) is 17.0 Å². The van der Waals surface area contributed by atoms with Gasteiger partial charge in [-0.3, -0.25) is 9.59 Å². The molecule has 1 aromatic heterocycles. The van der Waals surface area contributed by atoms with Crippen molar-refractivity contribution in [1.82, 2.24) is 4.90 Å². The number of hydrogen-bond donors (Lipinski definition) is 0. The molecule has 5 rings (SSSR count). The standard InChI is InChI=1S/C25H18BrNO4/c1-27-22(16-8-5-9-18(12-16)30-14-15-6-3-2-4-7-15)21-23(28)19-13-17(26)10-11-20(19)31-24(21)25(27)29/h2-13,22H,14H2,1H3. The zero-order valence-electron chi connectivity index (χ0n) is 16.7. The largest absolute Gasteiger partial charge is 0.489 e. The summed E-state index contributed by atoms with van der Waals surface area (Å²) in [6.45, 7) is 0.432. The molecule has 2 heterocycles. The Balaban J connectivity index is 1.56. The molecule has 6 heteroatoms. The molecule has 1 aliphatic heterocycles. The maximum absolute atomic E-state index is 13.4. The summed E-state index contributed by atoms with van der Waals surface area (Å²) in [6.07, 6.45) is 0. The van der Waals surface area contributed by atoms with E-state index in [2.05, 4.69) is 15.9 Å². The van der Waals surface area contributed by atoms with Crippen molar-refractivity contribution in [3.05, 3.63) is 110 Å². The molecule has 0 N–H and O–H groups in total. The van der Waals surface area contributed by atoms with E-state index in [0.29, 0.717) is 28.9 Å². The summed E-state index contributed by atoms with van der Waals surface area (Å²) in [5, 5.41) is 0.442. The highest BCUT2D eigenvalue weighted by Gasteiger charge is 2.40. The Morgan fingerprint density at radius 3 is 2.61 bits per heavy atom. The third kappa shape index (κ3) is 3.43. The Labute approximate surface area is 187 Å². The van der Waals surface area contributed by atoms with Crippen LogP contribution in [-0.4, -0.2) is 17.9 Å². The number of carbonyl (C=O) groups excluding carboxylic acids is 1. The van der Waals surface area contributed by atoms with Crippen LogP contribution in [0.4, 0.5) is 0 Å². The lowest BCUT2D eigenvalue weighted by Crippen LogP contribution is -2.25. The summed E-state index contributed by atoms with van der Waals surface area (Å²) in [6, 6.07) is 22.0. The first kappa shape index (κ1) is 19.6. The minimum Gasteiger partial charge on any atom is -0.489 e. The van der Waals surface area contributed by atoms with Gasteiger partial charge in [0.15, 0.2) is 5.43 Å². The number of ether oxygens (including phenoxy) is 1. The van der Waals surface area contributed by atoms with Gasteiger partial charge in [-0.05, 0) is 41.5 Å². The van der Waals surface area contributed by atoms with Crippen LogP contribution in [0, 0.1) is 0 Å². The van der Waals surface area contributed by atoms with E-state index in [-0.39, 0.29) is 17.1 Å². The molecule has 0 radical (unpaired) electrons. The summed E-state index contributed by atoms with van der Waals surface area (Å²) < 4.78 is 12.6. The SMILES string of the molecule is CN1C(=O)c2oc3ccc(Br)cc3c(=O)c2C1c1cccc(OCc2ccccc2)c1. The lowest BCUT2D eigenvalue weighted by atomic mass is 9.98. The van der Waals surface area contributed by atoms with Crippen LogP contribution in [0.25, 0.3) is 11.0 Å². The minimum absolute atomic E-state index is 0.0999. The Morgan fingerprint density at radius 2 is 1.81 bits per heavy atom. The molecule has 5 nitrogen and oxygen atoms in total. The molecule has 0 bridgehead atoms. The zero-order chi connectivity index (χ0) is 21.5. The van der Waals surface area contributed by atoms with Crippen LogP contribution in [0.2, 0.25) is 0 Å². The highest BCUT2D eigenvalue weighted by molar-refractivity contribution is 9.10. The minimum atomic E-state index is -0.539. The summed E-state index contributed by atoms with van der Waals surface area (Å²) in [4.78, 5) is 27.8. The number of rotatable bonds is 4. The molecule has 0 aliphatic carbocycles. The van der Waals surface area contributed by atoms with Gasteiger partial charge >= 0.3 is 0 Å². The van der Waals surface area contributed by atoms with Crippen LogP contribution >= 0.6 is 15.9 Å². The summed E-state index contributed by atoms with van der Waals surface area (Å²) in [5.41, 5.74) is 2.41. The second kappa shape index (κ2) is 7.71. The first-order valence-electron chi connectivity index (χ1n) is 9.83. The first-order valence-corrected chi connectivity index (χ1v) is 10.6. The van der Waals surface area contributed by atoms with Crippen LogP contribution in [0.1, 0.15) is 33.3 Å². The number of hydrogen-bond acceptors (Lipinski definition) is 4. The van der Waals surface area contributed by atoms with Crippen molar-refractivity contribution in [1.29, 1.82) is 0 Å². The number of nitrogens with zero attached hydrogens (tertiary/aromatic N) is 1. The van der Waals surface area contributed by atoms with Gasteiger partial charge in [-0.25, -0.2) is 0 Å². The van der Waals surface area contributed by atoms with Crippen LogP contribution < -0.4 is 10.2 Å². The van der Waals surface area contributed by atoms with Crippen molar-refractivity contribution >= 4 is 32.8 Å². The van der Waals surface area contributed by atoms with Gasteiger partial charge in [0.25, 0.3) is 5.91 Å². The number of halogens is 1. The fourth-order valence-electron chi connectivity index (χ4n) is 3.97. The lowest BCUT2D eigenvalue weighted by Gasteiger charge is -2.21. The molecule has 1 atom stereocenters. The molecule has 0 saturated carbocycles. The van der Waals surface area contributed by atoms with E-state index in [0.717, 1.165) is 15.6 Å². The summed E-state index contributed by atoms with van der Waals surface area (Å²) >= 11 is 3.40. The topological polar surface area (TPSA) is 59.8 Å². The van der Waals surface area contributed by atoms with Gasteiger partial charge in [-0.15, -0.1) is 0 Å². The van der Waals surface area contributed by atoms with Crippen molar-refractivity contribution in [2.45, 2.75) is 12.6 Å². The van der Waals surface area contributed by atoms with Gasteiger partial charge in [0.1, 0.15) is 17.9 Å². The van der Waals surface area contributed by atoms with E-state index in [1.165, 1.54) is 0 Å². The fraction of sp³-hybridized carbons (Fsp3) is 0.120. The zero-order valence-corrected chi connectivity index (χ0v) is 18.3. The fourth-order valence-corrected chi connectivity index (χ4v) is 4.33. The molecule has 0 spiro atoms. The quantitative estimate of drug-likeness (QED) is 0.401. The van der Waals surface area contributed by atoms with Crippen LogP contribution in [0.5, 0.6) is 5.75 Å². The predicted octanol–water partition coefficient (Wildman–Crippen LogP) is 5.31. The van der Waals surface area contributed by atoms with Crippen molar-refractivity contribution in [2.24, 2.45) is 0 Å². The lowest BCUT2D eigenvalue weighted by molar-refractivity contribution is 0.0771. The van der Waals surface area contributed by atoms with E-state index < -0.39 is 6.04 Å². The molecular formula is C25H18BrNO4. The van der Waals surface area contributed by atoms with Gasteiger partial charge in [0.2, 0.25) is 5.76 Å². The normalized spacial score (nSPS) is 15.4. The summed E-state index contributed by atoms with van der Waals surface area (Å²) in [5.74, 6) is 0.462. The summed E-state index contributed by atoms with van der Waals surface area (Å²) in [7, 11) is 1.68. The van der Waals surface area contributed by atoms with E-state index in [9.17, 15) is 9.59 Å². The Kier molecular flexibility index (Phi) is 4.87. The highest BCUT2D eigenvalue weighted by Crippen LogP contribution is 2.38. The number of amides is 1. The molecule has 0 saturated heterocycles. The van der Waals surface area contributed by atoms with Crippen molar-refractivity contribution < 1.29 is 13.9 Å². The van der Waals surface area contributed by atoms with E-state index >= 15 is 0 Å². The molecule has 3 aromatic carbocycles. The molecule has 0 fully saturated rings. The number of fused-ring (bicyclic) bond motifs is 2. The Morgan fingerprint density at radius 1 is 1.00 bits per heavy atom. The molecule has 1 aliphatic rings. The number of benzene rings is 3. The smallest absolute Gasteiger partial charge is 0.290 e. The monoisotopic (exact) mass is 475 g/mol. The van der Waals surface area contributed by atoms with E-state index in [1.807, 2.05) is 54.6 Å². The second-order valence-electron chi connectivity index (χ2n) is 7.48. The van der Waals surface area contributed by atoms with E-state index in [1.54, 1.807) is 30.1 Å². The molecule has 1 amide bonds. The molecule has 31 heavy (non-hydrogen) atoms. The van der Waals surface area contributed by atoms with Gasteiger partial charge < -0.3 is 14.1 Å². The highest BCUT2D eigenvalue weighted by atomic mass is 79.9. The van der Waals surface area contributed by atoms with Gasteiger partial charge in [-0.2, -0.15) is 0 Å². The van der Waals surface area contributed by atoms with Crippen molar-refractivity contribution in [2.75, 3.05) is 7.05 Å². The average Bonchev–Trinajstić information content (AvgIpc) is 3.04. The molecule has 1 unspecified atom stereocenters. The second-order valence-corrected chi connectivity index (χ2v) is 8.40. The van der Waals surface area contributed by atoms with Gasteiger partial charge in [0, 0.05) is 11.5 Å². The molecular weight excluding hydrogens is 458 g/mol. The average molecular weight is 476 g/mol. The van der Waals surface area contributed by atoms with Crippen LogP contribution in [0.3, 0.4) is 0 Å². The van der Waals surface area contributed by atoms with Gasteiger partial charge in [-0.1, -0.05) is 58.4 Å². The van der Waals surface area contributed by atoms with Crippen LogP contribution in [-0.2, 0) is 6.61 Å². The number of carbonyl (C=O) groups is 1.